The molecular formula is C75H124N14O16. The van der Waals surface area contributed by atoms with Crippen LogP contribution < -0.4 is 69.5 Å². The van der Waals surface area contributed by atoms with Gasteiger partial charge in [0.25, 0.3) is 5.91 Å². The highest BCUT2D eigenvalue weighted by Gasteiger charge is 2.44. The van der Waals surface area contributed by atoms with Gasteiger partial charge in [-0.25, -0.2) is 4.79 Å². The molecule has 16 atom stereocenters. The standard InChI is InChI=1S/C75H124N14O16/c1-20-44(16)59(71(100)88-62-47(19)105-75(104)58(43(14)15)84-63(92)49(22-3)77-65(94)51(37-48-30-24-23-25-31-48)79-67(96)55(40(8)9)81-70(99)60(45(17)21-2)86-73(62)102)85-64(93)50(32-27-35-76)78-66(95)52-33-28-36-89(52)74(103)57(42(12)13)83-69(98)56(41(10)11)82-72(101)61(46(18)90)87-68(97)54(39(6)7)80-53(91)34-26-29-38(4)5/h22-25,30-31,38-47,50-52,54-62,90H,20-21,26-29,32-37,76H2,1-19H3,(H,77,94)(H,78,95)(H,79,96)(H,80,91)(H,81,99)(H,82,101)(H,83,98)(H,84,92)(H,85,93)(H,86,102)(H,87,97)(H,88,100)/b49-22-/t44-,45-,46+,47+,50-,51-,52+,54+,55+,56+,57+,58-,59+,60+,61-,62+/m0/s1. The maximum atomic E-state index is 15.0. The number of cyclic esters (lactones) is 1. The number of carbonyl (C=O) groups excluding carboxylic acids is 14. The first-order valence-electron chi connectivity index (χ1n) is 37.5. The van der Waals surface area contributed by atoms with Crippen LogP contribution in [-0.4, -0.2) is 191 Å². The summed E-state index contributed by atoms with van der Waals surface area (Å²) in [7, 11) is 0. The number of carbonyl (C=O) groups is 14. The highest BCUT2D eigenvalue weighted by molar-refractivity contribution is 6.03. The Bertz CT molecular complexity index is 3160. The van der Waals surface area contributed by atoms with Crippen molar-refractivity contribution in [1.82, 2.24) is 68.7 Å². The monoisotopic (exact) mass is 1480 g/mol. The highest BCUT2D eigenvalue weighted by Crippen LogP contribution is 2.23. The number of hydrogen-bond acceptors (Lipinski definition) is 17. The van der Waals surface area contributed by atoms with Gasteiger partial charge >= 0.3 is 5.97 Å². The highest BCUT2D eigenvalue weighted by atomic mass is 16.5. The van der Waals surface area contributed by atoms with E-state index in [2.05, 4.69) is 63.8 Å². The lowest BCUT2D eigenvalue weighted by molar-refractivity contribution is -0.157. The Balaban J connectivity index is 2.00. The zero-order valence-corrected chi connectivity index (χ0v) is 65.2. The molecule has 105 heavy (non-hydrogen) atoms. The zero-order chi connectivity index (χ0) is 79.4. The van der Waals surface area contributed by atoms with Crippen molar-refractivity contribution in [3.63, 3.8) is 0 Å². The van der Waals surface area contributed by atoms with Crippen molar-refractivity contribution < 1.29 is 77.0 Å². The van der Waals surface area contributed by atoms with E-state index < -0.39 is 203 Å². The van der Waals surface area contributed by atoms with Gasteiger partial charge in [-0.05, 0) is 112 Å². The Morgan fingerprint density at radius 2 is 1.15 bits per heavy atom. The van der Waals surface area contributed by atoms with E-state index in [0.29, 0.717) is 30.7 Å². The van der Waals surface area contributed by atoms with E-state index in [-0.39, 0.29) is 63.2 Å². The SMILES string of the molecule is C/C=C1\NC(=O)[C@H](Cc2ccccc2)NC(=O)[C@@H](C(C)C)NC(=O)[C@@H]([C@@H](C)CC)NC(=O)[C@H](NC(=O)[C@H](NC(=O)[C@H](CCCN)NC(=O)[C@H]2CCCN2C(=O)[C@H](NC(=O)[C@H](NC(=O)[C@@H](NC(=O)[C@H](NC(=O)CCCC(C)C)C(C)C)[C@@H](C)O)C(C)C)C(C)C)[C@@H](C)CC)[C@@H](C)OC(=O)[C@H](C(C)C)NC1=O. The molecule has 13 amide bonds. The fraction of sp³-hybridized carbons (Fsp3) is 0.707. The topological polar surface area (TPSA) is 442 Å². The Kier molecular flexibility index (Phi) is 37.8. The average molecular weight is 1480 g/mol. The molecule has 0 spiro atoms. The van der Waals surface area contributed by atoms with Crippen LogP contribution in [0.5, 0.6) is 0 Å². The number of amides is 13. The fourth-order valence-electron chi connectivity index (χ4n) is 12.1. The first-order chi connectivity index (χ1) is 49.2. The van der Waals surface area contributed by atoms with Crippen LogP contribution >= 0.6 is 0 Å². The predicted octanol–water partition coefficient (Wildman–Crippen LogP) is 1.84. The minimum absolute atomic E-state index is 0.0355. The van der Waals surface area contributed by atoms with Crippen molar-refractivity contribution in [3.8, 4) is 0 Å². The number of hydrogen-bond donors (Lipinski definition) is 14. The average Bonchev–Trinajstić information content (AvgIpc) is 1.79. The summed E-state index contributed by atoms with van der Waals surface area (Å²) in [6, 6.07) is -7.67. The van der Waals surface area contributed by atoms with Gasteiger partial charge in [0.1, 0.15) is 84.3 Å². The molecule has 30 nitrogen and oxygen atoms in total. The molecule has 2 aliphatic rings. The third-order valence-electron chi connectivity index (χ3n) is 19.3. The summed E-state index contributed by atoms with van der Waals surface area (Å²) in [5.41, 5.74) is 6.34. The second-order valence-electron chi connectivity index (χ2n) is 30.2. The van der Waals surface area contributed by atoms with Crippen LogP contribution in [0.2, 0.25) is 0 Å². The summed E-state index contributed by atoms with van der Waals surface area (Å²) < 4.78 is 5.96. The number of nitrogens with two attached hydrogens (primary N) is 1. The summed E-state index contributed by atoms with van der Waals surface area (Å²) in [4.78, 5) is 202. The number of ether oxygens (including phenoxy) is 1. The second-order valence-corrected chi connectivity index (χ2v) is 30.2. The van der Waals surface area contributed by atoms with Crippen LogP contribution in [0.4, 0.5) is 0 Å². The Labute approximate surface area is 620 Å². The largest absolute Gasteiger partial charge is 0.458 e. The normalized spacial score (nSPS) is 22.6. The van der Waals surface area contributed by atoms with Gasteiger partial charge in [0, 0.05) is 19.4 Å². The molecule has 2 aliphatic heterocycles. The Morgan fingerprint density at radius 1 is 0.610 bits per heavy atom. The summed E-state index contributed by atoms with van der Waals surface area (Å²) >= 11 is 0. The molecule has 30 heteroatoms. The van der Waals surface area contributed by atoms with E-state index in [0.717, 1.165) is 6.42 Å². The van der Waals surface area contributed by atoms with Crippen LogP contribution in [-0.2, 0) is 78.3 Å². The summed E-state index contributed by atoms with van der Waals surface area (Å²) in [6.45, 7) is 31.8. The number of rotatable bonds is 33. The minimum Gasteiger partial charge on any atom is -0.458 e. The van der Waals surface area contributed by atoms with Crippen LogP contribution in [0.15, 0.2) is 42.1 Å². The predicted molar refractivity (Wildman–Crippen MR) is 395 cm³/mol. The molecule has 2 heterocycles. The molecule has 2 saturated heterocycles. The molecule has 2 fully saturated rings. The number of allylic oxidation sites excluding steroid dienone is 1. The van der Waals surface area contributed by atoms with Gasteiger partial charge < -0.3 is 84.3 Å². The van der Waals surface area contributed by atoms with Gasteiger partial charge in [-0.2, -0.15) is 0 Å². The quantitative estimate of drug-likeness (QED) is 0.0353. The van der Waals surface area contributed by atoms with Crippen LogP contribution in [0, 0.1) is 47.3 Å². The summed E-state index contributed by atoms with van der Waals surface area (Å²) in [5.74, 6) is -15.1. The molecule has 3 rings (SSSR count). The van der Waals surface area contributed by atoms with Crippen molar-refractivity contribution in [2.45, 2.75) is 280 Å². The first-order valence-corrected chi connectivity index (χ1v) is 37.5. The van der Waals surface area contributed by atoms with E-state index in [1.165, 1.54) is 31.7 Å². The van der Waals surface area contributed by atoms with Gasteiger partial charge in [0.15, 0.2) is 0 Å². The third kappa shape index (κ3) is 27.7. The number of benzene rings is 1. The second kappa shape index (κ2) is 43.8. The van der Waals surface area contributed by atoms with Crippen LogP contribution in [0.25, 0.3) is 0 Å². The number of likely N-dealkylation sites (tertiary alicyclic amines) is 1. The maximum Gasteiger partial charge on any atom is 0.329 e. The first kappa shape index (κ1) is 90.7. The van der Waals surface area contributed by atoms with Gasteiger partial charge in [0.2, 0.25) is 70.9 Å². The lowest BCUT2D eigenvalue weighted by Gasteiger charge is -2.33. The van der Waals surface area contributed by atoms with Gasteiger partial charge in [-0.3, -0.25) is 62.3 Å². The molecule has 1 aromatic carbocycles. The van der Waals surface area contributed by atoms with Crippen molar-refractivity contribution in [1.29, 1.82) is 0 Å². The summed E-state index contributed by atoms with van der Waals surface area (Å²) in [5, 5.41) is 43.2. The molecule has 0 saturated carbocycles. The van der Waals surface area contributed by atoms with E-state index in [4.69, 9.17) is 10.5 Å². The van der Waals surface area contributed by atoms with Crippen molar-refractivity contribution in [2.75, 3.05) is 13.1 Å². The zero-order valence-electron chi connectivity index (χ0n) is 65.2. The number of nitrogens with zero attached hydrogens (tertiary/aromatic N) is 1. The van der Waals surface area contributed by atoms with Crippen molar-refractivity contribution >= 4 is 82.8 Å². The minimum atomic E-state index is -1.83. The van der Waals surface area contributed by atoms with Crippen LogP contribution in [0.1, 0.15) is 195 Å². The van der Waals surface area contributed by atoms with Gasteiger partial charge in [-0.1, -0.05) is 166 Å². The maximum absolute atomic E-state index is 15.0. The van der Waals surface area contributed by atoms with Gasteiger partial charge in [-0.15, -0.1) is 0 Å². The molecular weight excluding hydrogens is 1350 g/mol. The van der Waals surface area contributed by atoms with Crippen LogP contribution in [0.3, 0.4) is 0 Å². The fourth-order valence-corrected chi connectivity index (χ4v) is 12.1. The van der Waals surface area contributed by atoms with Crippen molar-refractivity contribution in [3.05, 3.63) is 47.7 Å². The lowest BCUT2D eigenvalue weighted by Crippen LogP contribution is -2.64. The molecule has 0 aliphatic carbocycles. The van der Waals surface area contributed by atoms with E-state index >= 15 is 9.59 Å². The molecule has 0 aromatic heterocycles. The molecule has 0 unspecified atom stereocenters. The van der Waals surface area contributed by atoms with Crippen molar-refractivity contribution in [2.24, 2.45) is 53.1 Å². The lowest BCUT2D eigenvalue weighted by atomic mass is 9.95. The Hall–Kier alpha value is -8.54. The number of aliphatic hydroxyl groups excluding tert-OH is 1. The molecule has 0 radical (unpaired) electrons. The smallest absolute Gasteiger partial charge is 0.329 e. The Morgan fingerprint density at radius 3 is 1.69 bits per heavy atom. The molecule has 15 N–H and O–H groups in total. The molecule has 0 bridgehead atoms. The van der Waals surface area contributed by atoms with E-state index in [9.17, 15) is 62.6 Å². The molecule has 1 aromatic rings. The third-order valence-corrected chi connectivity index (χ3v) is 19.3. The number of aliphatic hydroxyl groups is 1. The number of nitrogens with one attached hydrogen (secondary N) is 12. The number of esters is 1. The van der Waals surface area contributed by atoms with E-state index in [1.54, 1.807) is 127 Å². The van der Waals surface area contributed by atoms with E-state index in [1.807, 2.05) is 13.8 Å². The molecule has 590 valence electrons. The van der Waals surface area contributed by atoms with Gasteiger partial charge in [0.05, 0.1) is 6.10 Å². The summed E-state index contributed by atoms with van der Waals surface area (Å²) in [6.07, 6.45) is 1.02.